The van der Waals surface area contributed by atoms with Crippen molar-refractivity contribution in [3.05, 3.63) is 88.9 Å². The van der Waals surface area contributed by atoms with E-state index in [1.807, 2.05) is 0 Å². The monoisotopic (exact) mass is 665 g/mol. The van der Waals surface area contributed by atoms with Gasteiger partial charge in [0.05, 0.1) is 28.3 Å². The normalized spacial score (nSPS) is 14.8. The predicted molar refractivity (Wildman–Crippen MR) is 165 cm³/mol. The van der Waals surface area contributed by atoms with Crippen LogP contribution in [-0.2, 0) is 32.3 Å². The maximum atomic E-state index is 14.1. The Morgan fingerprint density at radius 3 is 2.24 bits per heavy atom. The van der Waals surface area contributed by atoms with Gasteiger partial charge in [-0.15, -0.1) is 0 Å². The number of alkyl halides is 3. The van der Waals surface area contributed by atoms with Gasteiger partial charge in [-0.3, -0.25) is 13.9 Å². The van der Waals surface area contributed by atoms with E-state index < -0.39 is 56.9 Å². The number of ether oxygens (including phenoxy) is 1. The number of carbonyl (C=O) groups is 2. The van der Waals surface area contributed by atoms with Gasteiger partial charge in [-0.2, -0.15) is 13.2 Å². The molecule has 3 aromatic rings. The highest BCUT2D eigenvalue weighted by molar-refractivity contribution is 7.92. The average Bonchev–Trinajstić information content (AvgIpc) is 3.03. The minimum absolute atomic E-state index is 0.0450. The van der Waals surface area contributed by atoms with Crippen LogP contribution in [0.25, 0.3) is 0 Å². The zero-order chi connectivity index (χ0) is 32.8. The number of hydrogen-bond acceptors (Lipinski definition) is 5. The van der Waals surface area contributed by atoms with E-state index in [9.17, 15) is 31.2 Å². The first-order chi connectivity index (χ1) is 21.3. The summed E-state index contributed by atoms with van der Waals surface area (Å²) in [7, 11) is -3.04. The lowest BCUT2D eigenvalue weighted by Gasteiger charge is -2.33. The van der Waals surface area contributed by atoms with E-state index in [-0.39, 0.29) is 17.5 Å². The van der Waals surface area contributed by atoms with Crippen LogP contribution in [0.3, 0.4) is 0 Å². The molecule has 1 N–H and O–H groups in total. The average molecular weight is 666 g/mol. The van der Waals surface area contributed by atoms with Crippen molar-refractivity contribution in [3.8, 4) is 5.75 Å². The van der Waals surface area contributed by atoms with Crippen molar-refractivity contribution in [3.63, 3.8) is 0 Å². The number of nitrogens with zero attached hydrogens (tertiary/aromatic N) is 2. The molecule has 1 aliphatic carbocycles. The number of halogens is 4. The first-order valence-corrected chi connectivity index (χ1v) is 16.3. The van der Waals surface area contributed by atoms with Gasteiger partial charge < -0.3 is 15.0 Å². The molecule has 0 radical (unpaired) electrons. The van der Waals surface area contributed by atoms with Gasteiger partial charge in [-0.25, -0.2) is 8.42 Å². The summed E-state index contributed by atoms with van der Waals surface area (Å²) < 4.78 is 75.0. The number of methoxy groups -OCH3 is 1. The van der Waals surface area contributed by atoms with Crippen LogP contribution in [0.5, 0.6) is 5.75 Å². The lowest BCUT2D eigenvalue weighted by atomic mass is 9.95. The number of nitrogens with one attached hydrogen (secondary N) is 1. The lowest BCUT2D eigenvalue weighted by molar-refractivity contribution is -0.139. The molecule has 0 heterocycles. The largest absolute Gasteiger partial charge is 0.497 e. The lowest BCUT2D eigenvalue weighted by Crippen LogP contribution is -2.53. The highest BCUT2D eigenvalue weighted by Crippen LogP contribution is 2.38. The molecule has 242 valence electrons. The molecule has 0 spiro atoms. The zero-order valence-corrected chi connectivity index (χ0v) is 26.5. The number of benzene rings is 3. The summed E-state index contributed by atoms with van der Waals surface area (Å²) in [6.07, 6.45) is -0.234. The highest BCUT2D eigenvalue weighted by atomic mass is 35.5. The summed E-state index contributed by atoms with van der Waals surface area (Å²) in [6, 6.07) is 15.4. The van der Waals surface area contributed by atoms with Crippen molar-refractivity contribution in [2.45, 2.75) is 68.7 Å². The van der Waals surface area contributed by atoms with Crippen LogP contribution >= 0.6 is 11.6 Å². The summed E-state index contributed by atoms with van der Waals surface area (Å²) in [5.74, 6) is -0.629. The van der Waals surface area contributed by atoms with E-state index in [2.05, 4.69) is 5.32 Å². The van der Waals surface area contributed by atoms with Crippen LogP contribution in [0.2, 0.25) is 5.02 Å². The molecule has 13 heteroatoms. The Bertz CT molecular complexity index is 1580. The fourth-order valence-electron chi connectivity index (χ4n) is 5.21. The minimum atomic E-state index is -4.88. The van der Waals surface area contributed by atoms with Gasteiger partial charge in [0, 0.05) is 12.6 Å². The molecular weight excluding hydrogens is 631 g/mol. The van der Waals surface area contributed by atoms with Crippen LogP contribution in [0.4, 0.5) is 18.9 Å². The first-order valence-electron chi connectivity index (χ1n) is 14.5. The van der Waals surface area contributed by atoms with Crippen molar-refractivity contribution in [2.24, 2.45) is 0 Å². The Hall–Kier alpha value is -3.77. The summed E-state index contributed by atoms with van der Waals surface area (Å²) in [5.41, 5.74) is -1.03. The van der Waals surface area contributed by atoms with Crippen LogP contribution in [0, 0.1) is 0 Å². The highest BCUT2D eigenvalue weighted by Gasteiger charge is 2.37. The second-order valence-corrected chi connectivity index (χ2v) is 13.1. The van der Waals surface area contributed by atoms with E-state index >= 15 is 0 Å². The molecule has 0 bridgehead atoms. The van der Waals surface area contributed by atoms with E-state index in [1.165, 1.54) is 36.3 Å². The van der Waals surface area contributed by atoms with E-state index in [1.54, 1.807) is 37.3 Å². The smallest absolute Gasteiger partial charge is 0.417 e. The van der Waals surface area contributed by atoms with Crippen molar-refractivity contribution >= 4 is 39.1 Å². The van der Waals surface area contributed by atoms with Crippen molar-refractivity contribution < 1.29 is 35.9 Å². The van der Waals surface area contributed by atoms with Gasteiger partial charge in [0.1, 0.15) is 18.3 Å². The Labute approximate surface area is 266 Å². The second-order valence-electron chi connectivity index (χ2n) is 10.9. The molecule has 8 nitrogen and oxygen atoms in total. The molecule has 3 aromatic carbocycles. The number of anilines is 1. The zero-order valence-electron chi connectivity index (χ0n) is 24.9. The van der Waals surface area contributed by atoms with Gasteiger partial charge in [0.15, 0.2) is 0 Å². The predicted octanol–water partition coefficient (Wildman–Crippen LogP) is 6.43. The summed E-state index contributed by atoms with van der Waals surface area (Å²) in [6.45, 7) is 0.586. The van der Waals surface area contributed by atoms with Crippen LogP contribution in [0.1, 0.15) is 50.2 Å². The SMILES string of the molecule is COc1ccc(CN(C(=O)CN(c2ccc(Cl)c(C(F)(F)F)c2)S(=O)(=O)c2ccccc2)[C@@H](C)C(=O)NC2CCCCC2)cc1. The fraction of sp³-hybridized carbons (Fsp3) is 0.375. The molecular formula is C32H35ClF3N3O5S. The topological polar surface area (TPSA) is 96.0 Å². The van der Waals surface area contributed by atoms with Crippen LogP contribution in [-0.4, -0.2) is 50.9 Å². The third-order valence-electron chi connectivity index (χ3n) is 7.78. The third-order valence-corrected chi connectivity index (χ3v) is 9.90. The van der Waals surface area contributed by atoms with Crippen LogP contribution < -0.4 is 14.4 Å². The van der Waals surface area contributed by atoms with Crippen LogP contribution in [0.15, 0.2) is 77.7 Å². The fourth-order valence-corrected chi connectivity index (χ4v) is 6.86. The van der Waals surface area contributed by atoms with Gasteiger partial charge in [0.2, 0.25) is 11.8 Å². The van der Waals surface area contributed by atoms with Gasteiger partial charge >= 0.3 is 6.18 Å². The molecule has 0 aromatic heterocycles. The standard InChI is InChI=1S/C32H35ClF3N3O5S/c1-22(31(41)37-24-9-5-3-6-10-24)38(20-23-13-16-26(44-2)17-14-23)30(40)21-39(45(42,43)27-11-7-4-8-12-27)25-15-18-29(33)28(19-25)32(34,35)36/h4,7-8,11-19,22,24H,3,5-6,9-10,20-21H2,1-2H3,(H,37,41)/t22-/m0/s1. The number of amides is 2. The molecule has 0 saturated heterocycles. The number of hydrogen-bond donors (Lipinski definition) is 1. The Morgan fingerprint density at radius 2 is 1.64 bits per heavy atom. The van der Waals surface area contributed by atoms with Gasteiger partial charge in [-0.1, -0.05) is 61.2 Å². The Balaban J connectivity index is 1.73. The number of carbonyl (C=O) groups excluding carboxylic acids is 2. The first kappa shape index (κ1) is 34.1. The van der Waals surface area contributed by atoms with Crippen molar-refractivity contribution in [1.29, 1.82) is 0 Å². The minimum Gasteiger partial charge on any atom is -0.497 e. The maximum absolute atomic E-state index is 14.1. The molecule has 0 aliphatic heterocycles. The summed E-state index contributed by atoms with van der Waals surface area (Å²) >= 11 is 5.82. The third kappa shape index (κ3) is 8.49. The quantitative estimate of drug-likeness (QED) is 0.255. The molecule has 2 amide bonds. The molecule has 4 rings (SSSR count). The van der Waals surface area contributed by atoms with E-state index in [0.29, 0.717) is 21.7 Å². The molecule has 1 atom stereocenters. The maximum Gasteiger partial charge on any atom is 0.417 e. The molecule has 1 saturated carbocycles. The van der Waals surface area contributed by atoms with E-state index in [4.69, 9.17) is 16.3 Å². The van der Waals surface area contributed by atoms with Gasteiger partial charge in [-0.05, 0) is 67.8 Å². The molecule has 0 unspecified atom stereocenters. The van der Waals surface area contributed by atoms with E-state index in [0.717, 1.165) is 44.2 Å². The summed E-state index contributed by atoms with van der Waals surface area (Å²) in [4.78, 5) is 28.5. The van der Waals surface area contributed by atoms with Crippen molar-refractivity contribution in [1.82, 2.24) is 10.2 Å². The molecule has 1 fully saturated rings. The molecule has 45 heavy (non-hydrogen) atoms. The number of sulfonamides is 1. The van der Waals surface area contributed by atoms with Gasteiger partial charge in [0.25, 0.3) is 10.0 Å². The Morgan fingerprint density at radius 1 is 1.00 bits per heavy atom. The Kier molecular flexibility index (Phi) is 11.0. The van der Waals surface area contributed by atoms with Crippen molar-refractivity contribution in [2.75, 3.05) is 18.0 Å². The number of rotatable bonds is 11. The summed E-state index contributed by atoms with van der Waals surface area (Å²) in [5, 5.41) is 2.38. The molecule has 1 aliphatic rings. The second kappa shape index (κ2) is 14.6.